The highest BCUT2D eigenvalue weighted by atomic mass is 35.5. The summed E-state index contributed by atoms with van der Waals surface area (Å²) < 4.78 is 0. The first kappa shape index (κ1) is 19.5. The van der Waals surface area contributed by atoms with Crippen LogP contribution in [0.2, 0.25) is 10.0 Å². The largest absolute Gasteiger partial charge is 0.347 e. The maximum atomic E-state index is 11.9. The van der Waals surface area contributed by atoms with Gasteiger partial charge in [-0.1, -0.05) is 41.0 Å². The lowest BCUT2D eigenvalue weighted by Gasteiger charge is -2.11. The van der Waals surface area contributed by atoms with E-state index in [1.165, 1.54) is 18.0 Å². The third-order valence-electron chi connectivity index (χ3n) is 2.93. The average molecular weight is 398 g/mol. The van der Waals surface area contributed by atoms with Gasteiger partial charge in [0, 0.05) is 30.4 Å². The van der Waals surface area contributed by atoms with E-state index in [9.17, 15) is 4.79 Å². The van der Waals surface area contributed by atoms with Gasteiger partial charge in [-0.25, -0.2) is 15.4 Å². The van der Waals surface area contributed by atoms with E-state index in [0.717, 1.165) is 10.7 Å². The van der Waals surface area contributed by atoms with Crippen molar-refractivity contribution in [2.45, 2.75) is 11.9 Å². The number of anilines is 1. The van der Waals surface area contributed by atoms with Gasteiger partial charge in [0.25, 0.3) is 0 Å². The van der Waals surface area contributed by atoms with Gasteiger partial charge in [-0.2, -0.15) is 5.10 Å². The van der Waals surface area contributed by atoms with Crippen molar-refractivity contribution in [3.05, 3.63) is 45.6 Å². The molecule has 0 unspecified atom stereocenters. The van der Waals surface area contributed by atoms with Crippen molar-refractivity contribution < 1.29 is 4.79 Å². The molecular weight excluding hydrogens is 381 g/mol. The van der Waals surface area contributed by atoms with Crippen LogP contribution in [0.4, 0.5) is 5.95 Å². The Morgan fingerprint density at radius 1 is 1.32 bits per heavy atom. The lowest BCUT2D eigenvalue weighted by molar-refractivity contribution is -0.118. The molecule has 1 heterocycles. The zero-order chi connectivity index (χ0) is 18.4. The number of hydrazone groups is 1. The van der Waals surface area contributed by atoms with E-state index >= 15 is 0 Å². The number of aryl methyl sites for hydroxylation is 1. The van der Waals surface area contributed by atoms with Crippen LogP contribution in [0.5, 0.6) is 0 Å². The molecular formula is C16H17Cl2N5OS. The van der Waals surface area contributed by atoms with Crippen LogP contribution in [0.3, 0.4) is 0 Å². The Labute approximate surface area is 160 Å². The summed E-state index contributed by atoms with van der Waals surface area (Å²) in [7, 11) is 3.74. The molecule has 25 heavy (non-hydrogen) atoms. The van der Waals surface area contributed by atoms with Crippen molar-refractivity contribution in [1.82, 2.24) is 15.4 Å². The third-order valence-corrected chi connectivity index (χ3v) is 4.40. The van der Waals surface area contributed by atoms with Crippen LogP contribution in [0, 0.1) is 6.92 Å². The molecule has 0 saturated carbocycles. The Bertz CT molecular complexity index is 798. The molecule has 2 aromatic rings. The Kier molecular flexibility index (Phi) is 7.04. The number of nitrogens with zero attached hydrogens (tertiary/aromatic N) is 4. The normalized spacial score (nSPS) is 10.9. The van der Waals surface area contributed by atoms with Gasteiger partial charge in [-0.05, 0) is 25.1 Å². The number of carbonyl (C=O) groups is 1. The first-order valence-electron chi connectivity index (χ1n) is 7.28. The van der Waals surface area contributed by atoms with E-state index in [2.05, 4.69) is 20.5 Å². The van der Waals surface area contributed by atoms with E-state index in [-0.39, 0.29) is 11.7 Å². The molecule has 0 radical (unpaired) electrons. The minimum Gasteiger partial charge on any atom is -0.347 e. The van der Waals surface area contributed by atoms with Crippen molar-refractivity contribution in [3.63, 3.8) is 0 Å². The third kappa shape index (κ3) is 6.19. The van der Waals surface area contributed by atoms with Crippen molar-refractivity contribution in [1.29, 1.82) is 0 Å². The van der Waals surface area contributed by atoms with E-state index in [1.807, 2.05) is 32.0 Å². The highest BCUT2D eigenvalue weighted by molar-refractivity contribution is 7.99. The molecule has 0 spiro atoms. The lowest BCUT2D eigenvalue weighted by atomic mass is 10.2. The van der Waals surface area contributed by atoms with Gasteiger partial charge >= 0.3 is 0 Å². The summed E-state index contributed by atoms with van der Waals surface area (Å²) in [6.07, 6.45) is 1.47. The summed E-state index contributed by atoms with van der Waals surface area (Å²) in [4.78, 5) is 22.4. The SMILES string of the molecule is Cc1cc(SCC(=O)N/N=C\c2ccc(Cl)cc2Cl)nc(N(C)C)n1. The molecule has 0 fully saturated rings. The first-order chi connectivity index (χ1) is 11.8. The fourth-order valence-electron chi connectivity index (χ4n) is 1.75. The molecule has 1 amide bonds. The number of thioether (sulfide) groups is 1. The average Bonchev–Trinajstić information content (AvgIpc) is 2.54. The molecule has 2 rings (SSSR count). The molecule has 0 bridgehead atoms. The molecule has 0 atom stereocenters. The standard InChI is InChI=1S/C16H17Cl2N5OS/c1-10-6-15(21-16(20-10)23(2)3)25-9-14(24)22-19-8-11-4-5-12(17)7-13(11)18/h4-8H,9H2,1-3H3,(H,22,24)/b19-8-. The number of hydrogen-bond acceptors (Lipinski definition) is 6. The molecule has 1 aromatic heterocycles. The summed E-state index contributed by atoms with van der Waals surface area (Å²) in [5, 5.41) is 5.64. The Morgan fingerprint density at radius 3 is 2.76 bits per heavy atom. The van der Waals surface area contributed by atoms with Crippen LogP contribution >= 0.6 is 35.0 Å². The van der Waals surface area contributed by atoms with Gasteiger partial charge in [0.05, 0.1) is 17.0 Å². The first-order valence-corrected chi connectivity index (χ1v) is 9.02. The molecule has 0 aliphatic heterocycles. The summed E-state index contributed by atoms with van der Waals surface area (Å²) in [5.74, 6) is 0.557. The number of carbonyl (C=O) groups excluding carboxylic acids is 1. The van der Waals surface area contributed by atoms with Crippen LogP contribution in [-0.2, 0) is 4.79 Å². The predicted molar refractivity (Wildman–Crippen MR) is 104 cm³/mol. The highest BCUT2D eigenvalue weighted by Gasteiger charge is 2.07. The van der Waals surface area contributed by atoms with Gasteiger partial charge in [0.1, 0.15) is 5.03 Å². The van der Waals surface area contributed by atoms with E-state index in [0.29, 0.717) is 21.6 Å². The second-order valence-corrected chi connectivity index (χ2v) is 7.13. The van der Waals surface area contributed by atoms with Crippen molar-refractivity contribution >= 4 is 53.0 Å². The Hall–Kier alpha value is -1.83. The zero-order valence-corrected chi connectivity index (χ0v) is 16.3. The molecule has 0 saturated heterocycles. The maximum absolute atomic E-state index is 11.9. The van der Waals surface area contributed by atoms with Gasteiger partial charge < -0.3 is 4.90 Å². The maximum Gasteiger partial charge on any atom is 0.250 e. The fraction of sp³-hybridized carbons (Fsp3) is 0.250. The smallest absolute Gasteiger partial charge is 0.250 e. The molecule has 9 heteroatoms. The van der Waals surface area contributed by atoms with Crippen LogP contribution < -0.4 is 10.3 Å². The topological polar surface area (TPSA) is 70.5 Å². The number of aromatic nitrogens is 2. The fourth-order valence-corrected chi connectivity index (χ4v) is 2.95. The van der Waals surface area contributed by atoms with Crippen LogP contribution in [-0.4, -0.2) is 41.9 Å². The second-order valence-electron chi connectivity index (χ2n) is 5.29. The molecule has 1 N–H and O–H groups in total. The molecule has 0 aliphatic rings. The van der Waals surface area contributed by atoms with E-state index < -0.39 is 0 Å². The van der Waals surface area contributed by atoms with Gasteiger partial charge in [0.2, 0.25) is 11.9 Å². The van der Waals surface area contributed by atoms with Crippen LogP contribution in [0.25, 0.3) is 0 Å². The highest BCUT2D eigenvalue weighted by Crippen LogP contribution is 2.20. The number of amides is 1. The zero-order valence-electron chi connectivity index (χ0n) is 14.0. The second kappa shape index (κ2) is 9.03. The van der Waals surface area contributed by atoms with Crippen LogP contribution in [0.15, 0.2) is 34.4 Å². The van der Waals surface area contributed by atoms with E-state index in [4.69, 9.17) is 23.2 Å². The van der Waals surface area contributed by atoms with Gasteiger partial charge in [0.15, 0.2) is 0 Å². The number of nitrogens with one attached hydrogen (secondary N) is 1. The molecule has 1 aromatic carbocycles. The molecule has 132 valence electrons. The Morgan fingerprint density at radius 2 is 2.08 bits per heavy atom. The number of rotatable bonds is 6. The summed E-state index contributed by atoms with van der Waals surface area (Å²) in [6.45, 7) is 1.89. The Balaban J connectivity index is 1.89. The van der Waals surface area contributed by atoms with Crippen molar-refractivity contribution in [2.24, 2.45) is 5.10 Å². The van der Waals surface area contributed by atoms with Crippen LogP contribution in [0.1, 0.15) is 11.3 Å². The predicted octanol–water partition coefficient (Wildman–Crippen LogP) is 3.40. The minimum atomic E-state index is -0.242. The van der Waals surface area contributed by atoms with E-state index in [1.54, 1.807) is 18.2 Å². The number of hydrogen-bond donors (Lipinski definition) is 1. The molecule has 0 aliphatic carbocycles. The lowest BCUT2D eigenvalue weighted by Crippen LogP contribution is -2.20. The summed E-state index contributed by atoms with van der Waals surface area (Å²) in [6, 6.07) is 6.87. The summed E-state index contributed by atoms with van der Waals surface area (Å²) >= 11 is 13.2. The van der Waals surface area contributed by atoms with Crippen molar-refractivity contribution in [2.75, 3.05) is 24.7 Å². The quantitative estimate of drug-likeness (QED) is 0.350. The number of halogens is 2. The molecule has 6 nitrogen and oxygen atoms in total. The van der Waals surface area contributed by atoms with Gasteiger partial charge in [-0.15, -0.1) is 0 Å². The minimum absolute atomic E-state index is 0.189. The van der Waals surface area contributed by atoms with Gasteiger partial charge in [-0.3, -0.25) is 4.79 Å². The van der Waals surface area contributed by atoms with Crippen molar-refractivity contribution in [3.8, 4) is 0 Å². The number of benzene rings is 1. The monoisotopic (exact) mass is 397 g/mol. The summed E-state index contributed by atoms with van der Waals surface area (Å²) in [5.41, 5.74) is 3.97.